The molecule has 7 heteroatoms. The Morgan fingerprint density at radius 1 is 1.30 bits per heavy atom. The standard InChI is InChI=1S/C13H15BrFNO4/c1-13(2,3)20-12(18)16-10-5-7(11(17)19-4)8(14)6-9(10)15/h5-6H,1-4H3,(H,16,18). The Labute approximate surface area is 124 Å². The van der Waals surface area contributed by atoms with Gasteiger partial charge in [-0.05, 0) is 48.8 Å². The predicted molar refractivity (Wildman–Crippen MR) is 75.3 cm³/mol. The molecule has 0 unspecified atom stereocenters. The van der Waals surface area contributed by atoms with Crippen molar-refractivity contribution in [3.8, 4) is 0 Å². The number of hydrogen-bond acceptors (Lipinski definition) is 4. The maximum atomic E-state index is 13.7. The van der Waals surface area contributed by atoms with E-state index in [4.69, 9.17) is 4.74 Å². The molecular formula is C13H15BrFNO4. The van der Waals surface area contributed by atoms with Crippen LogP contribution in [0.4, 0.5) is 14.9 Å². The Morgan fingerprint density at radius 3 is 2.40 bits per heavy atom. The monoisotopic (exact) mass is 347 g/mol. The number of hydrogen-bond donors (Lipinski definition) is 1. The maximum absolute atomic E-state index is 13.7. The molecule has 0 heterocycles. The molecule has 1 aromatic rings. The minimum atomic E-state index is -0.811. The molecule has 5 nitrogen and oxygen atoms in total. The second kappa shape index (κ2) is 6.21. The minimum absolute atomic E-state index is 0.0972. The number of carbonyl (C=O) groups is 2. The molecule has 0 atom stereocenters. The van der Waals surface area contributed by atoms with Crippen LogP contribution in [-0.4, -0.2) is 24.8 Å². The second-order valence-electron chi connectivity index (χ2n) is 4.93. The van der Waals surface area contributed by atoms with Gasteiger partial charge < -0.3 is 9.47 Å². The second-order valence-corrected chi connectivity index (χ2v) is 5.78. The Bertz CT molecular complexity index is 540. The van der Waals surface area contributed by atoms with Gasteiger partial charge >= 0.3 is 12.1 Å². The lowest BCUT2D eigenvalue weighted by Crippen LogP contribution is -2.27. The van der Waals surface area contributed by atoms with Crippen molar-refractivity contribution >= 4 is 33.7 Å². The largest absolute Gasteiger partial charge is 0.465 e. The Balaban J connectivity index is 3.01. The van der Waals surface area contributed by atoms with Crippen molar-refractivity contribution in [2.75, 3.05) is 12.4 Å². The van der Waals surface area contributed by atoms with E-state index in [0.717, 1.165) is 6.07 Å². The third kappa shape index (κ3) is 4.48. The van der Waals surface area contributed by atoms with Gasteiger partial charge in [0.2, 0.25) is 0 Å². The van der Waals surface area contributed by atoms with Crippen LogP contribution in [-0.2, 0) is 9.47 Å². The van der Waals surface area contributed by atoms with Crippen molar-refractivity contribution in [2.24, 2.45) is 0 Å². The fourth-order valence-corrected chi connectivity index (χ4v) is 1.80. The molecular weight excluding hydrogens is 333 g/mol. The van der Waals surface area contributed by atoms with Crippen molar-refractivity contribution in [3.05, 3.63) is 28.0 Å². The third-order valence-electron chi connectivity index (χ3n) is 2.10. The first-order valence-electron chi connectivity index (χ1n) is 5.71. The number of benzene rings is 1. The molecule has 1 N–H and O–H groups in total. The average molecular weight is 348 g/mol. The smallest absolute Gasteiger partial charge is 0.412 e. The lowest BCUT2D eigenvalue weighted by atomic mass is 10.2. The summed E-state index contributed by atoms with van der Waals surface area (Å²) in [6.45, 7) is 5.05. The molecule has 0 bridgehead atoms. The fourth-order valence-electron chi connectivity index (χ4n) is 1.32. The molecule has 1 aromatic carbocycles. The molecule has 0 aromatic heterocycles. The molecule has 110 valence electrons. The van der Waals surface area contributed by atoms with Crippen molar-refractivity contribution in [1.82, 2.24) is 0 Å². The fraction of sp³-hybridized carbons (Fsp3) is 0.385. The van der Waals surface area contributed by atoms with Crippen molar-refractivity contribution < 1.29 is 23.5 Å². The van der Waals surface area contributed by atoms with Gasteiger partial charge in [0.15, 0.2) is 0 Å². The van der Waals surface area contributed by atoms with Gasteiger partial charge in [-0.2, -0.15) is 0 Å². The quantitative estimate of drug-likeness (QED) is 0.828. The van der Waals surface area contributed by atoms with Crippen LogP contribution in [0.25, 0.3) is 0 Å². The average Bonchev–Trinajstić information content (AvgIpc) is 2.29. The highest BCUT2D eigenvalue weighted by atomic mass is 79.9. The summed E-state index contributed by atoms with van der Waals surface area (Å²) in [5, 5.41) is 2.25. The van der Waals surface area contributed by atoms with Crippen LogP contribution in [0.1, 0.15) is 31.1 Å². The van der Waals surface area contributed by atoms with Crippen molar-refractivity contribution in [1.29, 1.82) is 0 Å². The van der Waals surface area contributed by atoms with E-state index in [-0.39, 0.29) is 15.7 Å². The normalized spacial score (nSPS) is 10.9. The van der Waals surface area contributed by atoms with E-state index >= 15 is 0 Å². The molecule has 0 aliphatic rings. The molecule has 1 rings (SSSR count). The number of carbonyl (C=O) groups excluding carboxylic acids is 2. The van der Waals surface area contributed by atoms with Crippen molar-refractivity contribution in [3.63, 3.8) is 0 Å². The number of methoxy groups -OCH3 is 1. The highest BCUT2D eigenvalue weighted by molar-refractivity contribution is 9.10. The highest BCUT2D eigenvalue weighted by Gasteiger charge is 2.20. The molecule has 0 fully saturated rings. The van der Waals surface area contributed by atoms with E-state index in [9.17, 15) is 14.0 Å². The summed E-state index contributed by atoms with van der Waals surface area (Å²) < 4.78 is 23.5. The number of halogens is 2. The minimum Gasteiger partial charge on any atom is -0.465 e. The van der Waals surface area contributed by atoms with Crippen LogP contribution >= 0.6 is 15.9 Å². The SMILES string of the molecule is COC(=O)c1cc(NC(=O)OC(C)(C)C)c(F)cc1Br. The summed E-state index contributed by atoms with van der Waals surface area (Å²) in [6.07, 6.45) is -0.811. The van der Waals surface area contributed by atoms with Gasteiger partial charge in [0, 0.05) is 4.47 Å². The number of nitrogens with one attached hydrogen (secondary N) is 1. The first-order chi connectivity index (χ1) is 9.14. The Morgan fingerprint density at radius 2 is 1.90 bits per heavy atom. The Kier molecular flexibility index (Phi) is 5.10. The molecule has 0 spiro atoms. The third-order valence-corrected chi connectivity index (χ3v) is 2.75. The summed E-state index contributed by atoms with van der Waals surface area (Å²) in [5.41, 5.74) is -0.774. The summed E-state index contributed by atoms with van der Waals surface area (Å²) >= 11 is 3.05. The summed E-state index contributed by atoms with van der Waals surface area (Å²) in [7, 11) is 1.21. The van der Waals surface area contributed by atoms with Gasteiger partial charge in [-0.3, -0.25) is 5.32 Å². The first kappa shape index (κ1) is 16.4. The lowest BCUT2D eigenvalue weighted by Gasteiger charge is -2.20. The summed E-state index contributed by atoms with van der Waals surface area (Å²) in [6, 6.07) is 2.24. The van der Waals surface area contributed by atoms with Crippen LogP contribution in [0.5, 0.6) is 0 Å². The van der Waals surface area contributed by atoms with E-state index in [1.165, 1.54) is 13.2 Å². The number of anilines is 1. The molecule has 1 amide bonds. The molecule has 0 aliphatic heterocycles. The van der Waals surface area contributed by atoms with E-state index in [1.807, 2.05) is 0 Å². The molecule has 0 radical (unpaired) electrons. The highest BCUT2D eigenvalue weighted by Crippen LogP contribution is 2.25. The van der Waals surface area contributed by atoms with Crippen LogP contribution in [0, 0.1) is 5.82 Å². The summed E-state index contributed by atoms with van der Waals surface area (Å²) in [4.78, 5) is 23.1. The van der Waals surface area contributed by atoms with E-state index in [2.05, 4.69) is 26.0 Å². The topological polar surface area (TPSA) is 64.6 Å². The van der Waals surface area contributed by atoms with Gasteiger partial charge in [0.1, 0.15) is 11.4 Å². The van der Waals surface area contributed by atoms with Gasteiger partial charge in [-0.15, -0.1) is 0 Å². The van der Waals surface area contributed by atoms with Crippen LogP contribution in [0.15, 0.2) is 16.6 Å². The van der Waals surface area contributed by atoms with E-state index in [1.54, 1.807) is 20.8 Å². The molecule has 0 aliphatic carbocycles. The first-order valence-corrected chi connectivity index (χ1v) is 6.50. The predicted octanol–water partition coefficient (Wildman–Crippen LogP) is 3.72. The van der Waals surface area contributed by atoms with Crippen LogP contribution < -0.4 is 5.32 Å². The molecule has 0 saturated heterocycles. The zero-order chi connectivity index (χ0) is 15.5. The number of amides is 1. The maximum Gasteiger partial charge on any atom is 0.412 e. The van der Waals surface area contributed by atoms with Gasteiger partial charge in [0.05, 0.1) is 18.4 Å². The number of rotatable bonds is 2. The van der Waals surface area contributed by atoms with Gasteiger partial charge in [0.25, 0.3) is 0 Å². The van der Waals surface area contributed by atoms with Crippen LogP contribution in [0.2, 0.25) is 0 Å². The zero-order valence-electron chi connectivity index (χ0n) is 11.5. The van der Waals surface area contributed by atoms with Gasteiger partial charge in [-0.1, -0.05) is 0 Å². The zero-order valence-corrected chi connectivity index (χ0v) is 13.1. The van der Waals surface area contributed by atoms with Crippen LogP contribution in [0.3, 0.4) is 0 Å². The lowest BCUT2D eigenvalue weighted by molar-refractivity contribution is 0.0595. The van der Waals surface area contributed by atoms with E-state index in [0.29, 0.717) is 0 Å². The van der Waals surface area contributed by atoms with E-state index < -0.39 is 23.5 Å². The number of ether oxygens (including phenoxy) is 2. The Hall–Kier alpha value is -1.63. The van der Waals surface area contributed by atoms with Crippen molar-refractivity contribution in [2.45, 2.75) is 26.4 Å². The summed E-state index contributed by atoms with van der Waals surface area (Å²) in [5.74, 6) is -1.35. The van der Waals surface area contributed by atoms with Gasteiger partial charge in [-0.25, -0.2) is 14.0 Å². The molecule has 0 saturated carbocycles. The number of esters is 1. The molecule has 20 heavy (non-hydrogen) atoms.